The Kier molecular flexibility index (Phi) is 9.94. The van der Waals surface area contributed by atoms with E-state index in [1.165, 1.54) is 65.4 Å². The van der Waals surface area contributed by atoms with E-state index in [-0.39, 0.29) is 41.4 Å². The maximum Gasteiger partial charge on any atom is 0.308 e. The Hall–Kier alpha value is -0.610. The van der Waals surface area contributed by atoms with Crippen molar-refractivity contribution in [3.63, 3.8) is 0 Å². The number of hydrogen-bond acceptors (Lipinski definition) is 5. The second-order valence-electron chi connectivity index (χ2n) is 8.76. The number of carbonyl (C=O) groups excluding carboxylic acids is 1. The third-order valence-electron chi connectivity index (χ3n) is 7.06. The van der Waals surface area contributed by atoms with E-state index in [2.05, 4.69) is 32.1 Å². The molecule has 0 atom stereocenters. The third-order valence-corrected chi connectivity index (χ3v) is 7.06. The number of methoxy groups -OCH3 is 1. The smallest absolute Gasteiger partial charge is 0.308 e. The van der Waals surface area contributed by atoms with E-state index in [0.717, 1.165) is 38.4 Å². The maximum absolute atomic E-state index is 11.8. The molecule has 3 aliphatic heterocycles. The zero-order valence-electron chi connectivity index (χ0n) is 18.5. The summed E-state index contributed by atoms with van der Waals surface area (Å²) in [6.07, 6.45) is 8.15. The monoisotopic (exact) mass is 521 g/mol. The molecule has 7 nitrogen and oxygen atoms in total. The van der Waals surface area contributed by atoms with Crippen LogP contribution in [0.3, 0.4) is 0 Å². The maximum atomic E-state index is 11.8. The number of ether oxygens (including phenoxy) is 1. The molecule has 3 aliphatic rings. The van der Waals surface area contributed by atoms with Crippen LogP contribution >= 0.6 is 24.0 Å². The Labute approximate surface area is 193 Å². The van der Waals surface area contributed by atoms with Crippen molar-refractivity contribution in [1.29, 1.82) is 0 Å². The highest BCUT2D eigenvalue weighted by molar-refractivity contribution is 14.0. The molecule has 3 rings (SSSR count). The Morgan fingerprint density at radius 2 is 1.69 bits per heavy atom. The summed E-state index contributed by atoms with van der Waals surface area (Å²) < 4.78 is 4.91. The van der Waals surface area contributed by atoms with E-state index in [4.69, 9.17) is 4.74 Å². The van der Waals surface area contributed by atoms with Gasteiger partial charge in [0.1, 0.15) is 0 Å². The van der Waals surface area contributed by atoms with Gasteiger partial charge >= 0.3 is 5.97 Å². The van der Waals surface area contributed by atoms with Crippen molar-refractivity contribution in [2.24, 2.45) is 10.9 Å². The lowest BCUT2D eigenvalue weighted by molar-refractivity contribution is -0.146. The minimum atomic E-state index is -0.0713. The van der Waals surface area contributed by atoms with E-state index < -0.39 is 0 Å². The van der Waals surface area contributed by atoms with Crippen LogP contribution in [0.1, 0.15) is 44.9 Å². The summed E-state index contributed by atoms with van der Waals surface area (Å²) in [4.78, 5) is 23.9. The first-order chi connectivity index (χ1) is 13.6. The van der Waals surface area contributed by atoms with Crippen LogP contribution in [0.25, 0.3) is 0 Å². The summed E-state index contributed by atoms with van der Waals surface area (Å²) in [6, 6.07) is 0. The lowest BCUT2D eigenvalue weighted by atomic mass is 9.84. The SMILES string of the molecule is CN=C(NCC1(N2CCCCC2)CCN(C)CC1)N1CCC(C(=O)OC)CC1.I. The van der Waals surface area contributed by atoms with Crippen molar-refractivity contribution in [3.8, 4) is 0 Å². The Morgan fingerprint density at radius 3 is 2.24 bits per heavy atom. The first-order valence-electron chi connectivity index (χ1n) is 11.0. The van der Waals surface area contributed by atoms with Gasteiger partial charge < -0.3 is 19.9 Å². The molecule has 0 amide bonds. The summed E-state index contributed by atoms with van der Waals surface area (Å²) in [7, 11) is 5.59. The predicted molar refractivity (Wildman–Crippen MR) is 128 cm³/mol. The molecule has 3 fully saturated rings. The Morgan fingerprint density at radius 1 is 1.07 bits per heavy atom. The van der Waals surface area contributed by atoms with Crippen molar-refractivity contribution in [2.75, 3.05) is 67.0 Å². The highest BCUT2D eigenvalue weighted by Crippen LogP contribution is 2.31. The van der Waals surface area contributed by atoms with Crippen molar-refractivity contribution < 1.29 is 9.53 Å². The highest BCUT2D eigenvalue weighted by Gasteiger charge is 2.40. The normalized spacial score (nSPS) is 24.7. The summed E-state index contributed by atoms with van der Waals surface area (Å²) in [6.45, 7) is 7.48. The number of halogens is 1. The lowest BCUT2D eigenvalue weighted by Gasteiger charge is -2.50. The van der Waals surface area contributed by atoms with Crippen LogP contribution < -0.4 is 5.32 Å². The summed E-state index contributed by atoms with van der Waals surface area (Å²) in [5.41, 5.74) is 0.243. The molecule has 0 unspecified atom stereocenters. The largest absolute Gasteiger partial charge is 0.469 e. The summed E-state index contributed by atoms with van der Waals surface area (Å²) in [5.74, 6) is 0.949. The van der Waals surface area contributed by atoms with Gasteiger partial charge in [-0.1, -0.05) is 6.42 Å². The topological polar surface area (TPSA) is 60.4 Å². The van der Waals surface area contributed by atoms with E-state index >= 15 is 0 Å². The van der Waals surface area contributed by atoms with Gasteiger partial charge in [0, 0.05) is 32.2 Å². The molecule has 0 aliphatic carbocycles. The summed E-state index contributed by atoms with van der Waals surface area (Å²) in [5, 5.41) is 3.72. The molecule has 3 heterocycles. The second-order valence-corrected chi connectivity index (χ2v) is 8.76. The number of rotatable bonds is 4. The Balaban J connectivity index is 0.00000300. The summed E-state index contributed by atoms with van der Waals surface area (Å²) >= 11 is 0. The van der Waals surface area contributed by atoms with Crippen LogP contribution in [-0.2, 0) is 9.53 Å². The molecule has 168 valence electrons. The zero-order valence-corrected chi connectivity index (χ0v) is 20.8. The fourth-order valence-electron chi connectivity index (χ4n) is 5.08. The molecule has 0 radical (unpaired) electrons. The molecule has 0 aromatic heterocycles. The number of carbonyl (C=O) groups is 1. The van der Waals surface area contributed by atoms with E-state index in [1.807, 2.05) is 7.05 Å². The van der Waals surface area contributed by atoms with Crippen molar-refractivity contribution in [3.05, 3.63) is 0 Å². The van der Waals surface area contributed by atoms with Crippen LogP contribution in [0.15, 0.2) is 4.99 Å². The zero-order chi connectivity index (χ0) is 20.0. The number of piperidine rings is 3. The van der Waals surface area contributed by atoms with Gasteiger partial charge in [-0.25, -0.2) is 0 Å². The number of aliphatic imine (C=N–C) groups is 1. The standard InChI is InChI=1S/C21H39N5O2.HI/c1-22-20(25-13-7-18(8-14-25)19(27)28-3)23-17-21(9-15-24(2)16-10-21)26-11-5-4-6-12-26;/h18H,4-17H2,1-3H3,(H,22,23);1H. The number of nitrogens with zero attached hydrogens (tertiary/aromatic N) is 4. The van der Waals surface area contributed by atoms with Crippen LogP contribution in [0, 0.1) is 5.92 Å². The van der Waals surface area contributed by atoms with Crippen molar-refractivity contribution in [2.45, 2.75) is 50.5 Å². The van der Waals surface area contributed by atoms with Gasteiger partial charge in [0.2, 0.25) is 0 Å². The fourth-order valence-corrected chi connectivity index (χ4v) is 5.08. The number of guanidine groups is 1. The van der Waals surface area contributed by atoms with Crippen LogP contribution in [0.5, 0.6) is 0 Å². The van der Waals surface area contributed by atoms with Gasteiger partial charge in [-0.05, 0) is 71.8 Å². The minimum absolute atomic E-state index is 0. The molecular formula is C21H40IN5O2. The lowest BCUT2D eigenvalue weighted by Crippen LogP contribution is -2.62. The molecule has 8 heteroatoms. The third kappa shape index (κ3) is 6.19. The van der Waals surface area contributed by atoms with Crippen LogP contribution in [0.4, 0.5) is 0 Å². The van der Waals surface area contributed by atoms with Gasteiger partial charge in [0.15, 0.2) is 5.96 Å². The Bertz CT molecular complexity index is 537. The molecule has 0 spiro atoms. The van der Waals surface area contributed by atoms with E-state index in [9.17, 15) is 4.79 Å². The highest BCUT2D eigenvalue weighted by atomic mass is 127. The first-order valence-corrected chi connectivity index (χ1v) is 11.0. The molecule has 29 heavy (non-hydrogen) atoms. The predicted octanol–water partition coefficient (Wildman–Crippen LogP) is 2.02. The minimum Gasteiger partial charge on any atom is -0.469 e. The van der Waals surface area contributed by atoms with Crippen molar-refractivity contribution >= 4 is 35.9 Å². The number of nitrogens with one attached hydrogen (secondary N) is 1. The fraction of sp³-hybridized carbons (Fsp3) is 0.905. The molecular weight excluding hydrogens is 481 g/mol. The van der Waals surface area contributed by atoms with Gasteiger partial charge in [-0.3, -0.25) is 14.7 Å². The van der Waals surface area contributed by atoms with Gasteiger partial charge in [0.05, 0.1) is 13.0 Å². The van der Waals surface area contributed by atoms with Crippen LogP contribution in [-0.4, -0.2) is 99.2 Å². The van der Waals surface area contributed by atoms with Crippen LogP contribution in [0.2, 0.25) is 0 Å². The van der Waals surface area contributed by atoms with Gasteiger partial charge in [0.25, 0.3) is 0 Å². The van der Waals surface area contributed by atoms with E-state index in [0.29, 0.717) is 0 Å². The van der Waals surface area contributed by atoms with E-state index in [1.54, 1.807) is 0 Å². The molecule has 0 bridgehead atoms. The average Bonchev–Trinajstić information content (AvgIpc) is 2.76. The quantitative estimate of drug-likeness (QED) is 0.265. The number of hydrogen-bond donors (Lipinski definition) is 1. The van der Waals surface area contributed by atoms with Gasteiger partial charge in [-0.2, -0.15) is 0 Å². The molecule has 1 N–H and O–H groups in total. The van der Waals surface area contributed by atoms with Gasteiger partial charge in [-0.15, -0.1) is 24.0 Å². The first kappa shape index (κ1) is 24.7. The molecule has 3 saturated heterocycles. The number of esters is 1. The molecule has 0 aromatic carbocycles. The molecule has 0 saturated carbocycles. The molecule has 0 aromatic rings. The van der Waals surface area contributed by atoms with Crippen molar-refractivity contribution in [1.82, 2.24) is 20.0 Å². The second kappa shape index (κ2) is 11.7. The average molecular weight is 521 g/mol. The number of likely N-dealkylation sites (tertiary alicyclic amines) is 3.